The van der Waals surface area contributed by atoms with Gasteiger partial charge in [-0.1, -0.05) is 0 Å². The Balaban J connectivity index is 1.22. The first kappa shape index (κ1) is 23.4. The third kappa shape index (κ3) is 6.38. The van der Waals surface area contributed by atoms with Crippen LogP contribution in [0.5, 0.6) is 0 Å². The fraction of sp³-hybridized carbons (Fsp3) is 0.292. The second kappa shape index (κ2) is 10.9. The van der Waals surface area contributed by atoms with Crippen molar-refractivity contribution in [3.63, 3.8) is 0 Å². The molecule has 0 unspecified atom stereocenters. The van der Waals surface area contributed by atoms with Crippen molar-refractivity contribution in [3.8, 4) is 11.3 Å². The van der Waals surface area contributed by atoms with Crippen LogP contribution < -0.4 is 16.0 Å². The number of carbonyl (C=O) groups is 2. The summed E-state index contributed by atoms with van der Waals surface area (Å²) in [5, 5.41) is 8.26. The molecule has 2 heterocycles. The van der Waals surface area contributed by atoms with Crippen molar-refractivity contribution < 1.29 is 27.5 Å². The SMILES string of the molecule is O=C(CCc1ncc(-c2ccc(F)cc2F)o1)Nc1ccc(NC(=O)NC[C@@H]2CCCO2)cc1. The molecule has 1 aliphatic rings. The average Bonchev–Trinajstić information content (AvgIpc) is 3.50. The number of nitrogens with zero attached hydrogens (tertiary/aromatic N) is 1. The van der Waals surface area contributed by atoms with Crippen LogP contribution in [0.15, 0.2) is 53.1 Å². The standard InChI is InChI=1S/C24H24F2N4O4/c25-15-3-8-19(20(26)12-15)21-14-27-23(34-21)10-9-22(31)29-16-4-6-17(7-5-16)30-24(32)28-13-18-2-1-11-33-18/h3-8,12,14,18H,1-2,9-11,13H2,(H,29,31)(H2,28,30,32)/t18-/m0/s1. The molecule has 1 aromatic heterocycles. The predicted octanol–water partition coefficient (Wildman–Crippen LogP) is 4.49. The number of hydrogen-bond donors (Lipinski definition) is 3. The molecule has 4 rings (SSSR count). The van der Waals surface area contributed by atoms with Gasteiger partial charge < -0.3 is 25.1 Å². The summed E-state index contributed by atoms with van der Waals surface area (Å²) in [7, 11) is 0. The van der Waals surface area contributed by atoms with E-state index in [1.165, 1.54) is 12.3 Å². The molecule has 0 saturated carbocycles. The molecule has 1 atom stereocenters. The molecule has 2 aromatic carbocycles. The molecule has 1 fully saturated rings. The maximum atomic E-state index is 13.9. The number of benzene rings is 2. The van der Waals surface area contributed by atoms with E-state index in [0.29, 0.717) is 17.9 Å². The van der Waals surface area contributed by atoms with Gasteiger partial charge in [0.1, 0.15) is 11.6 Å². The summed E-state index contributed by atoms with van der Waals surface area (Å²) in [5.74, 6) is -1.26. The molecule has 3 N–H and O–H groups in total. The zero-order chi connectivity index (χ0) is 23.9. The second-order valence-electron chi connectivity index (χ2n) is 7.84. The fourth-order valence-electron chi connectivity index (χ4n) is 3.51. The van der Waals surface area contributed by atoms with E-state index in [1.54, 1.807) is 24.3 Å². The number of anilines is 2. The van der Waals surface area contributed by atoms with Gasteiger partial charge in [0.15, 0.2) is 11.7 Å². The van der Waals surface area contributed by atoms with Crippen LogP contribution >= 0.6 is 0 Å². The molecule has 1 saturated heterocycles. The van der Waals surface area contributed by atoms with Gasteiger partial charge in [0.05, 0.1) is 17.9 Å². The fourth-order valence-corrected chi connectivity index (χ4v) is 3.51. The van der Waals surface area contributed by atoms with E-state index in [9.17, 15) is 18.4 Å². The molecule has 34 heavy (non-hydrogen) atoms. The molecular weight excluding hydrogens is 446 g/mol. The average molecular weight is 470 g/mol. The van der Waals surface area contributed by atoms with Crippen molar-refractivity contribution in [2.75, 3.05) is 23.8 Å². The lowest BCUT2D eigenvalue weighted by Crippen LogP contribution is -2.35. The van der Waals surface area contributed by atoms with Crippen LogP contribution in [0.3, 0.4) is 0 Å². The number of ether oxygens (including phenoxy) is 1. The van der Waals surface area contributed by atoms with Crippen LogP contribution in [0.4, 0.5) is 25.0 Å². The number of oxazole rings is 1. The quantitative estimate of drug-likeness (QED) is 0.450. The van der Waals surface area contributed by atoms with E-state index in [1.807, 2.05) is 0 Å². The number of amides is 3. The van der Waals surface area contributed by atoms with Crippen LogP contribution in [0, 0.1) is 11.6 Å². The molecule has 0 bridgehead atoms. The highest BCUT2D eigenvalue weighted by Gasteiger charge is 2.16. The highest BCUT2D eigenvalue weighted by Crippen LogP contribution is 2.24. The lowest BCUT2D eigenvalue weighted by Gasteiger charge is -2.12. The summed E-state index contributed by atoms with van der Waals surface area (Å²) in [5.41, 5.74) is 1.25. The van der Waals surface area contributed by atoms with Gasteiger partial charge >= 0.3 is 6.03 Å². The third-order valence-electron chi connectivity index (χ3n) is 5.26. The largest absolute Gasteiger partial charge is 0.441 e. The van der Waals surface area contributed by atoms with Crippen LogP contribution in [-0.2, 0) is 16.0 Å². The lowest BCUT2D eigenvalue weighted by molar-refractivity contribution is -0.116. The number of aryl methyl sites for hydroxylation is 1. The number of nitrogens with one attached hydrogen (secondary N) is 3. The Kier molecular flexibility index (Phi) is 7.48. The van der Waals surface area contributed by atoms with Crippen molar-refractivity contribution in [1.29, 1.82) is 0 Å². The van der Waals surface area contributed by atoms with Crippen molar-refractivity contribution in [2.24, 2.45) is 0 Å². The van der Waals surface area contributed by atoms with Crippen LogP contribution in [0.2, 0.25) is 0 Å². The first-order chi connectivity index (χ1) is 16.5. The molecule has 8 nitrogen and oxygen atoms in total. The number of hydrogen-bond acceptors (Lipinski definition) is 5. The number of urea groups is 1. The van der Waals surface area contributed by atoms with Crippen molar-refractivity contribution in [3.05, 3.63) is 66.2 Å². The molecule has 10 heteroatoms. The van der Waals surface area contributed by atoms with Gasteiger partial charge in [-0.25, -0.2) is 18.6 Å². The third-order valence-corrected chi connectivity index (χ3v) is 5.26. The monoisotopic (exact) mass is 470 g/mol. The van der Waals surface area contributed by atoms with Gasteiger partial charge in [-0.3, -0.25) is 4.79 Å². The number of carbonyl (C=O) groups excluding carboxylic acids is 2. The summed E-state index contributed by atoms with van der Waals surface area (Å²) in [6, 6.07) is 9.56. The van der Waals surface area contributed by atoms with E-state index in [4.69, 9.17) is 9.15 Å². The van der Waals surface area contributed by atoms with Gasteiger partial charge in [-0.05, 0) is 49.2 Å². The topological polar surface area (TPSA) is 105 Å². The second-order valence-corrected chi connectivity index (χ2v) is 7.84. The van der Waals surface area contributed by atoms with Crippen molar-refractivity contribution in [2.45, 2.75) is 31.8 Å². The first-order valence-electron chi connectivity index (χ1n) is 10.9. The van der Waals surface area contributed by atoms with Gasteiger partial charge in [0, 0.05) is 43.4 Å². The smallest absolute Gasteiger partial charge is 0.319 e. The maximum Gasteiger partial charge on any atom is 0.319 e. The van der Waals surface area contributed by atoms with E-state index in [-0.39, 0.29) is 48.1 Å². The van der Waals surface area contributed by atoms with E-state index in [0.717, 1.165) is 31.6 Å². The summed E-state index contributed by atoms with van der Waals surface area (Å²) < 4.78 is 37.9. The summed E-state index contributed by atoms with van der Waals surface area (Å²) in [4.78, 5) is 28.3. The predicted molar refractivity (Wildman–Crippen MR) is 121 cm³/mol. The Labute approximate surface area is 194 Å². The summed E-state index contributed by atoms with van der Waals surface area (Å²) >= 11 is 0. The first-order valence-corrected chi connectivity index (χ1v) is 10.9. The van der Waals surface area contributed by atoms with E-state index >= 15 is 0 Å². The normalized spacial score (nSPS) is 15.2. The van der Waals surface area contributed by atoms with Crippen LogP contribution in [-0.4, -0.2) is 36.2 Å². The van der Waals surface area contributed by atoms with Crippen LogP contribution in [0.25, 0.3) is 11.3 Å². The maximum absolute atomic E-state index is 13.9. The molecule has 178 valence electrons. The molecule has 1 aliphatic heterocycles. The zero-order valence-corrected chi connectivity index (χ0v) is 18.3. The molecule has 0 radical (unpaired) electrons. The lowest BCUT2D eigenvalue weighted by atomic mass is 10.2. The Hall–Kier alpha value is -3.79. The summed E-state index contributed by atoms with van der Waals surface area (Å²) in [6.07, 6.45) is 3.66. The highest BCUT2D eigenvalue weighted by atomic mass is 19.1. The minimum absolute atomic E-state index is 0.0652. The van der Waals surface area contributed by atoms with Crippen molar-refractivity contribution in [1.82, 2.24) is 10.3 Å². The van der Waals surface area contributed by atoms with Gasteiger partial charge in [-0.2, -0.15) is 0 Å². The molecule has 0 spiro atoms. The van der Waals surface area contributed by atoms with Crippen molar-refractivity contribution >= 4 is 23.3 Å². The Bertz CT molecular complexity index is 1140. The molecule has 3 aromatic rings. The minimum Gasteiger partial charge on any atom is -0.441 e. The van der Waals surface area contributed by atoms with Crippen LogP contribution in [0.1, 0.15) is 25.2 Å². The van der Waals surface area contributed by atoms with Gasteiger partial charge in [0.25, 0.3) is 0 Å². The minimum atomic E-state index is -0.751. The molecule has 3 amide bonds. The number of aromatic nitrogens is 1. The van der Waals surface area contributed by atoms with E-state index < -0.39 is 11.6 Å². The van der Waals surface area contributed by atoms with E-state index in [2.05, 4.69) is 20.9 Å². The Morgan fingerprint density at radius 2 is 1.82 bits per heavy atom. The Morgan fingerprint density at radius 3 is 2.53 bits per heavy atom. The molecule has 0 aliphatic carbocycles. The highest BCUT2D eigenvalue weighted by molar-refractivity contribution is 5.92. The van der Waals surface area contributed by atoms with Gasteiger partial charge in [0.2, 0.25) is 5.91 Å². The summed E-state index contributed by atoms with van der Waals surface area (Å²) in [6.45, 7) is 1.20. The molecular formula is C24H24F2N4O4. The number of rotatable bonds is 8. The Morgan fingerprint density at radius 1 is 1.06 bits per heavy atom. The van der Waals surface area contributed by atoms with Gasteiger partial charge in [-0.15, -0.1) is 0 Å². The zero-order valence-electron chi connectivity index (χ0n) is 18.3. The number of halogens is 2.